The number of hydrogen-bond acceptors (Lipinski definition) is 4. The number of nitrogens with one attached hydrogen (secondary N) is 1. The van der Waals surface area contributed by atoms with Gasteiger partial charge in [-0.3, -0.25) is 4.79 Å². The molecule has 18 heavy (non-hydrogen) atoms. The Bertz CT molecular complexity index is 261. The van der Waals surface area contributed by atoms with Gasteiger partial charge in [-0.25, -0.2) is 4.79 Å². The third-order valence-corrected chi connectivity index (χ3v) is 1.93. The van der Waals surface area contributed by atoms with E-state index in [0.717, 1.165) is 0 Å². The molecule has 0 bridgehead atoms. The fraction of sp³-hybridized carbons (Fsp3) is 0.833. The van der Waals surface area contributed by atoms with Crippen LogP contribution in [-0.4, -0.2) is 35.4 Å². The predicted octanol–water partition coefficient (Wildman–Crippen LogP) is 1.73. The first-order valence-electron chi connectivity index (χ1n) is 5.67. The summed E-state index contributed by atoms with van der Waals surface area (Å²) in [6, 6.07) is -0.823. The molecule has 0 radical (unpaired) electrons. The number of ether oxygens (including phenoxy) is 1. The molecule has 0 rings (SSSR count). The van der Waals surface area contributed by atoms with Gasteiger partial charge in [0, 0.05) is 6.54 Å². The number of aliphatic carboxylic acids is 1. The van der Waals surface area contributed by atoms with Crippen molar-refractivity contribution in [2.24, 2.45) is 5.73 Å². The molecule has 6 nitrogen and oxygen atoms in total. The standard InChI is InChI=1S/C11H22N2O4.CH4/c1-11(2,3)17-10(16)13-7-5-4-6-8(12)9(14)15;/h8H,4-7,12H2,1-3H3,(H,13,16)(H,14,15);1H4/t8-;/m0./s1. The van der Waals surface area contributed by atoms with Crippen molar-refractivity contribution in [2.45, 2.75) is 59.1 Å². The molecule has 0 fully saturated rings. The van der Waals surface area contributed by atoms with Crippen molar-refractivity contribution < 1.29 is 19.4 Å². The maximum atomic E-state index is 11.2. The van der Waals surface area contributed by atoms with Crippen molar-refractivity contribution in [3.63, 3.8) is 0 Å². The van der Waals surface area contributed by atoms with Crippen molar-refractivity contribution in [3.8, 4) is 0 Å². The van der Waals surface area contributed by atoms with E-state index in [4.69, 9.17) is 15.6 Å². The SMILES string of the molecule is C.CC(C)(C)OC(=O)NCCCC[C@H](N)C(=O)O. The zero-order valence-corrected chi connectivity index (χ0v) is 10.7. The Morgan fingerprint density at radius 3 is 2.33 bits per heavy atom. The van der Waals surface area contributed by atoms with Crippen LogP contribution in [0.15, 0.2) is 0 Å². The first-order chi connectivity index (χ1) is 7.72. The molecule has 1 atom stereocenters. The number of unbranched alkanes of at least 4 members (excludes halogenated alkanes) is 1. The van der Waals surface area contributed by atoms with Crippen LogP contribution < -0.4 is 11.1 Å². The summed E-state index contributed by atoms with van der Waals surface area (Å²) in [5.74, 6) is -0.995. The Hall–Kier alpha value is -1.30. The van der Waals surface area contributed by atoms with Gasteiger partial charge in [-0.05, 0) is 40.0 Å². The van der Waals surface area contributed by atoms with E-state index in [2.05, 4.69) is 5.32 Å². The molecule has 1 amide bonds. The highest BCUT2D eigenvalue weighted by atomic mass is 16.6. The van der Waals surface area contributed by atoms with Crippen LogP contribution in [0.25, 0.3) is 0 Å². The van der Waals surface area contributed by atoms with Gasteiger partial charge in [-0.15, -0.1) is 0 Å². The summed E-state index contributed by atoms with van der Waals surface area (Å²) >= 11 is 0. The molecule has 0 spiro atoms. The molecule has 0 heterocycles. The lowest BCUT2D eigenvalue weighted by Gasteiger charge is -2.19. The lowest BCUT2D eigenvalue weighted by Crippen LogP contribution is -2.33. The van der Waals surface area contributed by atoms with Crippen molar-refractivity contribution >= 4 is 12.1 Å². The Balaban J connectivity index is 0. The van der Waals surface area contributed by atoms with Gasteiger partial charge in [-0.1, -0.05) is 7.43 Å². The molecule has 0 aromatic carbocycles. The average molecular weight is 262 g/mol. The minimum absolute atomic E-state index is 0. The van der Waals surface area contributed by atoms with E-state index in [-0.39, 0.29) is 7.43 Å². The van der Waals surface area contributed by atoms with Crippen LogP contribution in [0.3, 0.4) is 0 Å². The van der Waals surface area contributed by atoms with Gasteiger partial charge in [0.15, 0.2) is 0 Å². The molecular weight excluding hydrogens is 236 g/mol. The molecule has 0 aliphatic heterocycles. The Labute approximate surface area is 109 Å². The minimum atomic E-state index is -0.995. The molecule has 108 valence electrons. The monoisotopic (exact) mass is 262 g/mol. The third-order valence-electron chi connectivity index (χ3n) is 1.93. The first-order valence-corrected chi connectivity index (χ1v) is 5.67. The van der Waals surface area contributed by atoms with Crippen LogP contribution in [0.5, 0.6) is 0 Å². The van der Waals surface area contributed by atoms with Gasteiger partial charge in [-0.2, -0.15) is 0 Å². The van der Waals surface area contributed by atoms with E-state index in [1.807, 2.05) is 0 Å². The van der Waals surface area contributed by atoms with Gasteiger partial charge >= 0.3 is 12.1 Å². The van der Waals surface area contributed by atoms with E-state index in [1.54, 1.807) is 20.8 Å². The molecular formula is C12H26N2O4. The van der Waals surface area contributed by atoms with E-state index in [0.29, 0.717) is 25.8 Å². The second-order valence-electron chi connectivity index (χ2n) is 4.87. The van der Waals surface area contributed by atoms with Crippen LogP contribution in [0, 0.1) is 0 Å². The number of alkyl carbamates (subject to hydrolysis) is 1. The Morgan fingerprint density at radius 1 is 1.33 bits per heavy atom. The maximum absolute atomic E-state index is 11.2. The normalized spacial score (nSPS) is 12.2. The highest BCUT2D eigenvalue weighted by Crippen LogP contribution is 2.06. The largest absolute Gasteiger partial charge is 0.480 e. The van der Waals surface area contributed by atoms with E-state index in [1.165, 1.54) is 0 Å². The molecule has 0 aromatic rings. The zero-order valence-electron chi connectivity index (χ0n) is 10.7. The molecule has 4 N–H and O–H groups in total. The van der Waals surface area contributed by atoms with Crippen LogP contribution in [0.1, 0.15) is 47.5 Å². The summed E-state index contributed by atoms with van der Waals surface area (Å²) in [7, 11) is 0. The molecule has 0 aliphatic carbocycles. The van der Waals surface area contributed by atoms with E-state index < -0.39 is 23.7 Å². The number of hydrogen-bond donors (Lipinski definition) is 3. The second-order valence-corrected chi connectivity index (χ2v) is 4.87. The lowest BCUT2D eigenvalue weighted by molar-refractivity contribution is -0.138. The highest BCUT2D eigenvalue weighted by Gasteiger charge is 2.15. The average Bonchev–Trinajstić information content (AvgIpc) is 2.13. The van der Waals surface area contributed by atoms with Gasteiger partial charge in [0.05, 0.1) is 0 Å². The molecule has 0 saturated carbocycles. The number of carboxylic acids is 1. The molecule has 0 unspecified atom stereocenters. The summed E-state index contributed by atoms with van der Waals surface area (Å²) < 4.78 is 5.03. The second kappa shape index (κ2) is 8.74. The molecule has 0 aliphatic rings. The minimum Gasteiger partial charge on any atom is -0.480 e. The number of carbonyl (C=O) groups is 2. The third kappa shape index (κ3) is 11.2. The summed E-state index contributed by atoms with van der Waals surface area (Å²) in [6.07, 6.45) is 1.29. The maximum Gasteiger partial charge on any atom is 0.407 e. The number of amides is 1. The summed E-state index contributed by atoms with van der Waals surface area (Å²) in [6.45, 7) is 5.83. The van der Waals surface area contributed by atoms with Gasteiger partial charge in [0.1, 0.15) is 11.6 Å². The number of carboxylic acid groups (broad SMARTS) is 1. The molecule has 6 heteroatoms. The van der Waals surface area contributed by atoms with Crippen molar-refractivity contribution in [2.75, 3.05) is 6.54 Å². The van der Waals surface area contributed by atoms with Crippen LogP contribution >= 0.6 is 0 Å². The van der Waals surface area contributed by atoms with Crippen LogP contribution in [0.4, 0.5) is 4.79 Å². The quantitative estimate of drug-likeness (QED) is 0.633. The van der Waals surface area contributed by atoms with Gasteiger partial charge < -0.3 is 20.9 Å². The van der Waals surface area contributed by atoms with Crippen LogP contribution in [0.2, 0.25) is 0 Å². The van der Waals surface area contributed by atoms with Crippen LogP contribution in [-0.2, 0) is 9.53 Å². The summed E-state index contributed by atoms with van der Waals surface area (Å²) in [4.78, 5) is 21.6. The lowest BCUT2D eigenvalue weighted by atomic mass is 10.1. The van der Waals surface area contributed by atoms with E-state index in [9.17, 15) is 9.59 Å². The van der Waals surface area contributed by atoms with Crippen molar-refractivity contribution in [1.82, 2.24) is 5.32 Å². The fourth-order valence-electron chi connectivity index (χ4n) is 1.12. The van der Waals surface area contributed by atoms with Crippen molar-refractivity contribution in [1.29, 1.82) is 0 Å². The number of rotatable bonds is 6. The highest BCUT2D eigenvalue weighted by molar-refractivity contribution is 5.72. The smallest absolute Gasteiger partial charge is 0.407 e. The van der Waals surface area contributed by atoms with Crippen molar-refractivity contribution in [3.05, 3.63) is 0 Å². The zero-order chi connectivity index (χ0) is 13.5. The molecule has 0 saturated heterocycles. The van der Waals surface area contributed by atoms with E-state index >= 15 is 0 Å². The van der Waals surface area contributed by atoms with Gasteiger partial charge in [0.2, 0.25) is 0 Å². The topological polar surface area (TPSA) is 102 Å². The fourth-order valence-corrected chi connectivity index (χ4v) is 1.12. The Morgan fingerprint density at radius 2 is 1.89 bits per heavy atom. The number of carbonyl (C=O) groups excluding carboxylic acids is 1. The van der Waals surface area contributed by atoms with Gasteiger partial charge in [0.25, 0.3) is 0 Å². The number of nitrogens with two attached hydrogens (primary N) is 1. The summed E-state index contributed by atoms with van der Waals surface area (Å²) in [5.41, 5.74) is 4.83. The Kier molecular flexibility index (Phi) is 9.25. The summed E-state index contributed by atoms with van der Waals surface area (Å²) in [5, 5.41) is 11.1. The molecule has 0 aromatic heterocycles. The first kappa shape index (κ1) is 19.0. The predicted molar refractivity (Wildman–Crippen MR) is 70.4 cm³/mol.